The maximum absolute atomic E-state index is 11.8. The summed E-state index contributed by atoms with van der Waals surface area (Å²) in [6.45, 7) is 6.47. The molecule has 154 valence electrons. The van der Waals surface area contributed by atoms with Gasteiger partial charge in [-0.05, 0) is 47.4 Å². The molecule has 0 atom stereocenters. The van der Waals surface area contributed by atoms with Crippen LogP contribution in [0.15, 0.2) is 52.9 Å². The number of primary amides is 1. The molecular weight excluding hydrogens is 366 g/mol. The Labute approximate surface area is 172 Å². The lowest BCUT2D eigenvalue weighted by molar-refractivity contribution is 0.0996. The minimum atomic E-state index is -0.612. The first-order valence-electron chi connectivity index (χ1n) is 9.31. The Morgan fingerprint density at radius 1 is 1.00 bits per heavy atom. The standard InChI is InChI=1S/C21H23N3O2.C2H6O/c1-21(2,3)15-9-5-14(6-10-15)20-24-17(19(22)25)18(26-20)13-7-11-16(23-4)12-8-13;1-3-2/h5-12,23H,1-4H3,(H2,22,25);1-2H3. The SMILES string of the molecule is CNc1ccc(-c2oc(-c3ccc(C(C)(C)C)cc3)nc2C(N)=O)cc1.COC. The number of aromatic nitrogens is 1. The summed E-state index contributed by atoms with van der Waals surface area (Å²) in [5.74, 6) is 0.154. The van der Waals surface area contributed by atoms with Gasteiger partial charge in [0.15, 0.2) is 11.5 Å². The monoisotopic (exact) mass is 395 g/mol. The van der Waals surface area contributed by atoms with E-state index in [-0.39, 0.29) is 11.1 Å². The molecule has 1 heterocycles. The number of oxazole rings is 1. The van der Waals surface area contributed by atoms with Crippen molar-refractivity contribution >= 4 is 11.6 Å². The lowest BCUT2D eigenvalue weighted by atomic mass is 9.87. The molecule has 0 unspecified atom stereocenters. The summed E-state index contributed by atoms with van der Waals surface area (Å²) >= 11 is 0. The zero-order chi connectivity index (χ0) is 21.6. The molecule has 0 aliphatic rings. The third kappa shape index (κ3) is 5.45. The van der Waals surface area contributed by atoms with E-state index in [1.54, 1.807) is 14.2 Å². The number of hydrogen-bond donors (Lipinski definition) is 2. The zero-order valence-electron chi connectivity index (χ0n) is 17.9. The average molecular weight is 396 g/mol. The van der Waals surface area contributed by atoms with Crippen molar-refractivity contribution in [3.8, 4) is 22.8 Å². The number of nitrogens with zero attached hydrogens (tertiary/aromatic N) is 1. The maximum Gasteiger partial charge on any atom is 0.271 e. The van der Waals surface area contributed by atoms with Gasteiger partial charge in [0.1, 0.15) is 0 Å². The van der Waals surface area contributed by atoms with E-state index in [0.29, 0.717) is 11.7 Å². The van der Waals surface area contributed by atoms with Crippen molar-refractivity contribution in [3.05, 3.63) is 59.8 Å². The number of nitrogens with one attached hydrogen (secondary N) is 1. The van der Waals surface area contributed by atoms with Crippen LogP contribution in [0.1, 0.15) is 36.8 Å². The van der Waals surface area contributed by atoms with Gasteiger partial charge in [-0.25, -0.2) is 4.98 Å². The second-order valence-corrected chi connectivity index (χ2v) is 7.62. The number of rotatable bonds is 4. The molecule has 2 aromatic carbocycles. The lowest BCUT2D eigenvalue weighted by Crippen LogP contribution is -2.12. The van der Waals surface area contributed by atoms with Crippen LogP contribution in [0.4, 0.5) is 5.69 Å². The molecule has 0 saturated heterocycles. The van der Waals surface area contributed by atoms with Crippen LogP contribution < -0.4 is 11.1 Å². The van der Waals surface area contributed by atoms with Gasteiger partial charge < -0.3 is 20.2 Å². The first-order chi connectivity index (χ1) is 13.7. The predicted octanol–water partition coefficient (Wildman–Crippen LogP) is 4.71. The third-order valence-corrected chi connectivity index (χ3v) is 4.29. The topological polar surface area (TPSA) is 90.4 Å². The number of anilines is 1. The van der Waals surface area contributed by atoms with Gasteiger partial charge in [-0.15, -0.1) is 0 Å². The number of carbonyl (C=O) groups is 1. The van der Waals surface area contributed by atoms with Gasteiger partial charge in [0.05, 0.1) is 0 Å². The minimum absolute atomic E-state index is 0.0632. The molecule has 0 radical (unpaired) electrons. The number of benzene rings is 2. The predicted molar refractivity (Wildman–Crippen MR) is 117 cm³/mol. The first kappa shape index (κ1) is 22.2. The van der Waals surface area contributed by atoms with E-state index < -0.39 is 5.91 Å². The van der Waals surface area contributed by atoms with Crippen LogP contribution >= 0.6 is 0 Å². The summed E-state index contributed by atoms with van der Waals surface area (Å²) in [5.41, 5.74) is 9.44. The fraction of sp³-hybridized carbons (Fsp3) is 0.304. The van der Waals surface area contributed by atoms with E-state index in [4.69, 9.17) is 10.2 Å². The Hall–Kier alpha value is -3.12. The number of carbonyl (C=O) groups excluding carboxylic acids is 1. The fourth-order valence-electron chi connectivity index (χ4n) is 2.71. The Morgan fingerprint density at radius 2 is 1.52 bits per heavy atom. The maximum atomic E-state index is 11.8. The van der Waals surface area contributed by atoms with Crippen LogP contribution in [-0.4, -0.2) is 32.2 Å². The van der Waals surface area contributed by atoms with E-state index >= 15 is 0 Å². The molecule has 6 nitrogen and oxygen atoms in total. The van der Waals surface area contributed by atoms with Crippen LogP contribution in [0.3, 0.4) is 0 Å². The quantitative estimate of drug-likeness (QED) is 0.668. The van der Waals surface area contributed by atoms with E-state index in [9.17, 15) is 4.79 Å². The van der Waals surface area contributed by atoms with Crippen molar-refractivity contribution in [1.29, 1.82) is 0 Å². The van der Waals surface area contributed by atoms with Crippen molar-refractivity contribution in [2.75, 3.05) is 26.6 Å². The summed E-state index contributed by atoms with van der Waals surface area (Å²) in [5, 5.41) is 3.05. The molecule has 0 spiro atoms. The van der Waals surface area contributed by atoms with Crippen molar-refractivity contribution in [1.82, 2.24) is 4.98 Å². The molecule has 0 aliphatic heterocycles. The van der Waals surface area contributed by atoms with Gasteiger partial charge in [-0.1, -0.05) is 32.9 Å². The van der Waals surface area contributed by atoms with Crippen LogP contribution in [-0.2, 0) is 10.2 Å². The van der Waals surface area contributed by atoms with Gasteiger partial charge in [0.2, 0.25) is 5.89 Å². The fourth-order valence-corrected chi connectivity index (χ4v) is 2.71. The molecule has 1 aromatic heterocycles. The molecule has 0 aliphatic carbocycles. The van der Waals surface area contributed by atoms with Gasteiger partial charge in [-0.3, -0.25) is 4.79 Å². The zero-order valence-corrected chi connectivity index (χ0v) is 17.9. The third-order valence-electron chi connectivity index (χ3n) is 4.29. The van der Waals surface area contributed by atoms with E-state index in [2.05, 4.69) is 35.8 Å². The largest absolute Gasteiger partial charge is 0.435 e. The highest BCUT2D eigenvalue weighted by molar-refractivity contribution is 5.97. The Bertz CT molecular complexity index is 937. The molecule has 29 heavy (non-hydrogen) atoms. The van der Waals surface area contributed by atoms with Crippen LogP contribution in [0, 0.1) is 0 Å². The Kier molecular flexibility index (Phi) is 7.18. The molecule has 0 bridgehead atoms. The summed E-state index contributed by atoms with van der Waals surface area (Å²) in [6, 6.07) is 15.5. The van der Waals surface area contributed by atoms with E-state index in [1.807, 2.05) is 55.6 Å². The molecule has 1 amide bonds. The van der Waals surface area contributed by atoms with Gasteiger partial charge in [-0.2, -0.15) is 0 Å². The normalized spacial score (nSPS) is 10.8. The second-order valence-electron chi connectivity index (χ2n) is 7.62. The highest BCUT2D eigenvalue weighted by Gasteiger charge is 2.21. The van der Waals surface area contributed by atoms with Crippen molar-refractivity contribution in [2.24, 2.45) is 5.73 Å². The number of amides is 1. The molecule has 0 saturated carbocycles. The van der Waals surface area contributed by atoms with Crippen molar-refractivity contribution < 1.29 is 13.9 Å². The van der Waals surface area contributed by atoms with Gasteiger partial charge >= 0.3 is 0 Å². The molecule has 3 rings (SSSR count). The second kappa shape index (κ2) is 9.39. The Balaban J connectivity index is 0.000000941. The van der Waals surface area contributed by atoms with Crippen LogP contribution in [0.25, 0.3) is 22.8 Å². The van der Waals surface area contributed by atoms with Crippen molar-refractivity contribution in [3.63, 3.8) is 0 Å². The molecule has 3 aromatic rings. The molecular formula is C23H29N3O3. The van der Waals surface area contributed by atoms with Crippen molar-refractivity contribution in [2.45, 2.75) is 26.2 Å². The van der Waals surface area contributed by atoms with Crippen LogP contribution in [0.5, 0.6) is 0 Å². The molecule has 0 fully saturated rings. The highest BCUT2D eigenvalue weighted by atomic mass is 16.4. The number of ether oxygens (including phenoxy) is 1. The highest BCUT2D eigenvalue weighted by Crippen LogP contribution is 2.31. The lowest BCUT2D eigenvalue weighted by Gasteiger charge is -2.18. The van der Waals surface area contributed by atoms with Gasteiger partial charge in [0, 0.05) is 38.1 Å². The Morgan fingerprint density at radius 3 is 1.97 bits per heavy atom. The summed E-state index contributed by atoms with van der Waals surface area (Å²) in [7, 11) is 5.09. The molecule has 3 N–H and O–H groups in total. The van der Waals surface area contributed by atoms with E-state index in [1.165, 1.54) is 5.56 Å². The average Bonchev–Trinajstić information content (AvgIpc) is 3.14. The smallest absolute Gasteiger partial charge is 0.271 e. The summed E-state index contributed by atoms with van der Waals surface area (Å²) in [4.78, 5) is 16.2. The van der Waals surface area contributed by atoms with Gasteiger partial charge in [0.25, 0.3) is 5.91 Å². The number of methoxy groups -OCH3 is 1. The molecule has 6 heteroatoms. The number of nitrogens with two attached hydrogens (primary N) is 1. The van der Waals surface area contributed by atoms with Crippen LogP contribution in [0.2, 0.25) is 0 Å². The summed E-state index contributed by atoms with van der Waals surface area (Å²) in [6.07, 6.45) is 0. The number of hydrogen-bond acceptors (Lipinski definition) is 5. The first-order valence-corrected chi connectivity index (χ1v) is 9.31. The summed E-state index contributed by atoms with van der Waals surface area (Å²) < 4.78 is 10.2. The minimum Gasteiger partial charge on any atom is -0.435 e. The van der Waals surface area contributed by atoms with E-state index in [0.717, 1.165) is 16.8 Å².